The Balaban J connectivity index is 2.15. The van der Waals surface area contributed by atoms with Gasteiger partial charge in [0.05, 0.1) is 0 Å². The number of carboxylic acid groups (broad SMARTS) is 1. The predicted octanol–water partition coefficient (Wildman–Crippen LogP) is 2.33. The van der Waals surface area contributed by atoms with Gasteiger partial charge in [-0.15, -0.1) is 0 Å². The van der Waals surface area contributed by atoms with Crippen molar-refractivity contribution in [3.63, 3.8) is 0 Å². The zero-order chi connectivity index (χ0) is 12.3. The van der Waals surface area contributed by atoms with E-state index in [0.717, 1.165) is 13.0 Å². The Morgan fingerprint density at radius 2 is 2.29 bits per heavy atom. The van der Waals surface area contributed by atoms with Gasteiger partial charge in [-0.05, 0) is 24.0 Å². The van der Waals surface area contributed by atoms with Crippen LogP contribution in [0.3, 0.4) is 0 Å². The van der Waals surface area contributed by atoms with Gasteiger partial charge in [0.25, 0.3) is 0 Å². The highest BCUT2D eigenvalue weighted by atomic mass is 16.4. The average Bonchev–Trinajstić information content (AvgIpc) is 2.28. The molecule has 1 aliphatic heterocycles. The smallest absolute Gasteiger partial charge is 0.328 e. The van der Waals surface area contributed by atoms with E-state index in [1.54, 1.807) is 6.08 Å². The topological polar surface area (TPSA) is 40.5 Å². The van der Waals surface area contributed by atoms with Crippen molar-refractivity contribution >= 4 is 11.7 Å². The number of aliphatic carboxylic acids is 1. The van der Waals surface area contributed by atoms with Crippen LogP contribution in [0.5, 0.6) is 0 Å². The fourth-order valence-electron chi connectivity index (χ4n) is 2.36. The van der Waals surface area contributed by atoms with Gasteiger partial charge in [0.15, 0.2) is 0 Å². The quantitative estimate of drug-likeness (QED) is 0.812. The summed E-state index contributed by atoms with van der Waals surface area (Å²) in [4.78, 5) is 12.7. The number of anilines is 1. The highest BCUT2D eigenvalue weighted by molar-refractivity contribution is 5.79. The molecular weight excluding hydrogens is 214 g/mol. The number of para-hydroxylation sites is 1. The Labute approximate surface area is 101 Å². The second-order valence-electron chi connectivity index (χ2n) is 4.58. The lowest BCUT2D eigenvalue weighted by Crippen LogP contribution is -2.34. The van der Waals surface area contributed by atoms with E-state index < -0.39 is 5.97 Å². The van der Waals surface area contributed by atoms with Crippen molar-refractivity contribution in [2.24, 2.45) is 5.92 Å². The molecule has 0 fully saturated rings. The van der Waals surface area contributed by atoms with E-state index in [1.165, 1.54) is 17.3 Å². The first-order chi connectivity index (χ1) is 8.16. The molecule has 0 saturated carbocycles. The van der Waals surface area contributed by atoms with E-state index in [9.17, 15) is 4.79 Å². The minimum absolute atomic E-state index is 0.614. The van der Waals surface area contributed by atoms with Gasteiger partial charge < -0.3 is 10.0 Å². The number of hydrogen-bond donors (Lipinski definition) is 1. The van der Waals surface area contributed by atoms with Crippen molar-refractivity contribution in [1.82, 2.24) is 0 Å². The van der Waals surface area contributed by atoms with Crippen molar-refractivity contribution in [2.75, 3.05) is 18.0 Å². The molecular formula is C14H17NO2. The lowest BCUT2D eigenvalue weighted by Gasteiger charge is -2.34. The highest BCUT2D eigenvalue weighted by Gasteiger charge is 2.19. The number of nitrogens with zero attached hydrogens (tertiary/aromatic N) is 1. The van der Waals surface area contributed by atoms with Crippen LogP contribution in [-0.2, 0) is 11.2 Å². The standard InChI is InChI=1S/C14H17NO2/c1-11-9-12-5-2-3-6-13(12)15(10-11)8-4-7-14(16)17/h2-7,11H,8-10H2,1H3,(H,16,17)/b7-4+. The van der Waals surface area contributed by atoms with Crippen molar-refractivity contribution in [3.05, 3.63) is 42.0 Å². The SMILES string of the molecule is CC1Cc2ccccc2N(C/C=C/C(=O)O)C1. The zero-order valence-corrected chi connectivity index (χ0v) is 9.97. The lowest BCUT2D eigenvalue weighted by molar-refractivity contribution is -0.131. The first-order valence-corrected chi connectivity index (χ1v) is 5.89. The number of carbonyl (C=O) groups is 1. The molecule has 0 radical (unpaired) electrons. The molecule has 1 aromatic carbocycles. The molecule has 0 aliphatic carbocycles. The molecule has 1 unspecified atom stereocenters. The third-order valence-electron chi connectivity index (χ3n) is 3.02. The Morgan fingerprint density at radius 1 is 1.53 bits per heavy atom. The highest BCUT2D eigenvalue weighted by Crippen LogP contribution is 2.28. The van der Waals surface area contributed by atoms with Crippen LogP contribution >= 0.6 is 0 Å². The van der Waals surface area contributed by atoms with E-state index in [2.05, 4.69) is 30.0 Å². The summed E-state index contributed by atoms with van der Waals surface area (Å²) in [6.07, 6.45) is 4.02. The van der Waals surface area contributed by atoms with Gasteiger partial charge >= 0.3 is 5.97 Å². The summed E-state index contributed by atoms with van der Waals surface area (Å²) in [6, 6.07) is 8.35. The molecule has 1 heterocycles. The van der Waals surface area contributed by atoms with Crippen LogP contribution in [0.1, 0.15) is 12.5 Å². The average molecular weight is 231 g/mol. The largest absolute Gasteiger partial charge is 0.478 e. The first-order valence-electron chi connectivity index (χ1n) is 5.89. The third kappa shape index (κ3) is 2.87. The van der Waals surface area contributed by atoms with Crippen molar-refractivity contribution in [1.29, 1.82) is 0 Å². The van der Waals surface area contributed by atoms with Crippen LogP contribution in [0.25, 0.3) is 0 Å². The summed E-state index contributed by atoms with van der Waals surface area (Å²) in [7, 11) is 0. The second-order valence-corrected chi connectivity index (χ2v) is 4.58. The van der Waals surface area contributed by atoms with E-state index in [1.807, 2.05) is 6.07 Å². The Morgan fingerprint density at radius 3 is 3.06 bits per heavy atom. The second kappa shape index (κ2) is 5.04. The molecule has 0 aromatic heterocycles. The fourth-order valence-corrected chi connectivity index (χ4v) is 2.36. The molecule has 1 atom stereocenters. The van der Waals surface area contributed by atoms with Gasteiger partial charge in [0.2, 0.25) is 0 Å². The Hall–Kier alpha value is -1.77. The Kier molecular flexibility index (Phi) is 3.47. The van der Waals surface area contributed by atoms with Gasteiger partial charge in [-0.2, -0.15) is 0 Å². The normalized spacial score (nSPS) is 19.4. The molecule has 17 heavy (non-hydrogen) atoms. The van der Waals surface area contributed by atoms with Gasteiger partial charge in [0, 0.05) is 24.9 Å². The first kappa shape index (κ1) is 11.7. The third-order valence-corrected chi connectivity index (χ3v) is 3.02. The molecule has 1 aliphatic rings. The number of hydrogen-bond acceptors (Lipinski definition) is 2. The maximum atomic E-state index is 10.4. The zero-order valence-electron chi connectivity index (χ0n) is 9.97. The van der Waals surface area contributed by atoms with Crippen molar-refractivity contribution < 1.29 is 9.90 Å². The predicted molar refractivity (Wildman–Crippen MR) is 68.3 cm³/mol. The van der Waals surface area contributed by atoms with Crippen molar-refractivity contribution in [2.45, 2.75) is 13.3 Å². The molecule has 1 aromatic rings. The molecule has 0 bridgehead atoms. The lowest BCUT2D eigenvalue weighted by atomic mass is 9.94. The summed E-state index contributed by atoms with van der Waals surface area (Å²) in [5.74, 6) is -0.272. The molecule has 90 valence electrons. The number of benzene rings is 1. The number of carboxylic acids is 1. The number of rotatable bonds is 3. The minimum Gasteiger partial charge on any atom is -0.478 e. The van der Waals surface area contributed by atoms with E-state index >= 15 is 0 Å². The molecule has 0 amide bonds. The van der Waals surface area contributed by atoms with Crippen LogP contribution in [0.15, 0.2) is 36.4 Å². The minimum atomic E-state index is -0.886. The van der Waals surface area contributed by atoms with Gasteiger partial charge in [-0.25, -0.2) is 4.79 Å². The summed E-state index contributed by atoms with van der Waals surface area (Å²) in [6.45, 7) is 3.87. The van der Waals surface area contributed by atoms with Crippen molar-refractivity contribution in [3.8, 4) is 0 Å². The maximum absolute atomic E-state index is 10.4. The van der Waals surface area contributed by atoms with Gasteiger partial charge in [-0.3, -0.25) is 0 Å². The monoisotopic (exact) mass is 231 g/mol. The molecule has 3 heteroatoms. The van der Waals surface area contributed by atoms with Gasteiger partial charge in [-0.1, -0.05) is 31.2 Å². The summed E-state index contributed by atoms with van der Waals surface area (Å²) >= 11 is 0. The molecule has 1 N–H and O–H groups in total. The van der Waals surface area contributed by atoms with Crippen LogP contribution in [0.2, 0.25) is 0 Å². The molecule has 3 nitrogen and oxygen atoms in total. The van der Waals surface area contributed by atoms with Crippen LogP contribution < -0.4 is 4.90 Å². The molecule has 2 rings (SSSR count). The molecule has 0 saturated heterocycles. The maximum Gasteiger partial charge on any atom is 0.328 e. The van der Waals surface area contributed by atoms with Gasteiger partial charge in [0.1, 0.15) is 0 Å². The summed E-state index contributed by atoms with van der Waals surface area (Å²) in [5.41, 5.74) is 2.59. The summed E-state index contributed by atoms with van der Waals surface area (Å²) in [5, 5.41) is 8.58. The number of fused-ring (bicyclic) bond motifs is 1. The van der Waals surface area contributed by atoms with Crippen LogP contribution in [-0.4, -0.2) is 24.2 Å². The van der Waals surface area contributed by atoms with E-state index in [4.69, 9.17) is 5.11 Å². The fraction of sp³-hybridized carbons (Fsp3) is 0.357. The summed E-state index contributed by atoms with van der Waals surface area (Å²) < 4.78 is 0. The van der Waals surface area contributed by atoms with E-state index in [0.29, 0.717) is 12.5 Å². The molecule has 0 spiro atoms. The van der Waals surface area contributed by atoms with Crippen LogP contribution in [0.4, 0.5) is 5.69 Å². The van der Waals surface area contributed by atoms with Crippen LogP contribution in [0, 0.1) is 5.92 Å². The van der Waals surface area contributed by atoms with E-state index in [-0.39, 0.29) is 0 Å². The Bertz CT molecular complexity index is 440.